The van der Waals surface area contributed by atoms with Crippen molar-refractivity contribution in [3.05, 3.63) is 29.3 Å². The Morgan fingerprint density at radius 1 is 1.35 bits per heavy atom. The van der Waals surface area contributed by atoms with Gasteiger partial charge in [-0.15, -0.1) is 0 Å². The molecule has 0 atom stereocenters. The first-order chi connectivity index (χ1) is 8.13. The Kier molecular flexibility index (Phi) is 3.57. The summed E-state index contributed by atoms with van der Waals surface area (Å²) in [6.07, 6.45) is 3.19. The Hall–Kier alpha value is -1.22. The second-order valence-corrected chi connectivity index (χ2v) is 4.78. The molecule has 1 aliphatic rings. The normalized spacial score (nSPS) is 17.1. The first-order valence-electron chi connectivity index (χ1n) is 5.65. The van der Waals surface area contributed by atoms with Crippen molar-refractivity contribution in [2.45, 2.75) is 31.3 Å². The largest absolute Gasteiger partial charge is 0.487 e. The number of hydrogen-bond acceptors (Lipinski definition) is 3. The van der Waals surface area contributed by atoms with Crippen molar-refractivity contribution in [1.29, 1.82) is 0 Å². The Morgan fingerprint density at radius 2 is 2.00 bits per heavy atom. The van der Waals surface area contributed by atoms with E-state index in [0.29, 0.717) is 11.4 Å². The minimum absolute atomic E-state index is 0.223. The highest BCUT2D eigenvalue weighted by molar-refractivity contribution is 6.30. The van der Waals surface area contributed by atoms with E-state index < -0.39 is 0 Å². The lowest BCUT2D eigenvalue weighted by Gasteiger charge is -2.41. The molecule has 92 valence electrons. The molecule has 0 N–H and O–H groups in total. The molecule has 0 radical (unpaired) electrons. The highest BCUT2D eigenvalue weighted by atomic mass is 35.5. The van der Waals surface area contributed by atoms with Crippen LogP contribution in [0.4, 0.5) is 0 Å². The van der Waals surface area contributed by atoms with Crippen molar-refractivity contribution in [2.75, 3.05) is 7.11 Å². The van der Waals surface area contributed by atoms with Gasteiger partial charge in [0.15, 0.2) is 0 Å². The van der Waals surface area contributed by atoms with Crippen LogP contribution in [0.1, 0.15) is 25.7 Å². The maximum atomic E-state index is 11.3. The van der Waals surface area contributed by atoms with Gasteiger partial charge >= 0.3 is 5.97 Å². The van der Waals surface area contributed by atoms with Gasteiger partial charge in [0, 0.05) is 5.02 Å². The summed E-state index contributed by atoms with van der Waals surface area (Å²) >= 11 is 5.81. The molecule has 1 fully saturated rings. The SMILES string of the molecule is COC(=O)CC1(Oc2ccc(Cl)cc2)CCC1. The zero-order valence-corrected chi connectivity index (χ0v) is 10.5. The molecule has 0 spiro atoms. The molecule has 1 aromatic carbocycles. The van der Waals surface area contributed by atoms with Crippen molar-refractivity contribution in [3.63, 3.8) is 0 Å². The monoisotopic (exact) mass is 254 g/mol. The molecule has 0 aromatic heterocycles. The Balaban J connectivity index is 2.04. The molecular formula is C13H15ClO3. The van der Waals surface area contributed by atoms with E-state index in [4.69, 9.17) is 21.1 Å². The number of benzene rings is 1. The number of hydrogen-bond donors (Lipinski definition) is 0. The lowest BCUT2D eigenvalue weighted by molar-refractivity contribution is -0.148. The lowest BCUT2D eigenvalue weighted by atomic mass is 9.77. The zero-order chi connectivity index (χ0) is 12.3. The highest BCUT2D eigenvalue weighted by Gasteiger charge is 2.41. The molecule has 0 aliphatic heterocycles. The lowest BCUT2D eigenvalue weighted by Crippen LogP contribution is -2.45. The number of methoxy groups -OCH3 is 1. The van der Waals surface area contributed by atoms with Gasteiger partial charge in [0.25, 0.3) is 0 Å². The van der Waals surface area contributed by atoms with Crippen LogP contribution in [0.25, 0.3) is 0 Å². The van der Waals surface area contributed by atoms with E-state index in [9.17, 15) is 4.79 Å². The molecule has 0 amide bonds. The quantitative estimate of drug-likeness (QED) is 0.774. The second-order valence-electron chi connectivity index (χ2n) is 4.35. The van der Waals surface area contributed by atoms with Crippen LogP contribution in [-0.4, -0.2) is 18.7 Å². The standard InChI is InChI=1S/C13H15ClO3/c1-16-12(15)9-13(7-2-8-13)17-11-5-3-10(14)4-6-11/h3-6H,2,7-9H2,1H3. The van der Waals surface area contributed by atoms with Crippen LogP contribution >= 0.6 is 11.6 Å². The van der Waals surface area contributed by atoms with Crippen molar-refractivity contribution in [2.24, 2.45) is 0 Å². The number of halogens is 1. The first-order valence-corrected chi connectivity index (χ1v) is 6.03. The van der Waals surface area contributed by atoms with Crippen LogP contribution in [0.15, 0.2) is 24.3 Å². The summed E-state index contributed by atoms with van der Waals surface area (Å²) in [5.41, 5.74) is -0.374. The predicted octanol–water partition coefficient (Wildman–Crippen LogP) is 3.20. The smallest absolute Gasteiger partial charge is 0.309 e. The second kappa shape index (κ2) is 4.96. The molecule has 17 heavy (non-hydrogen) atoms. The van der Waals surface area contributed by atoms with Crippen molar-refractivity contribution in [3.8, 4) is 5.75 Å². The number of ether oxygens (including phenoxy) is 2. The fourth-order valence-electron chi connectivity index (χ4n) is 1.97. The topological polar surface area (TPSA) is 35.5 Å². The van der Waals surface area contributed by atoms with Crippen LogP contribution in [0.2, 0.25) is 5.02 Å². The Bertz CT molecular complexity index is 396. The molecule has 1 saturated carbocycles. The minimum Gasteiger partial charge on any atom is -0.487 e. The summed E-state index contributed by atoms with van der Waals surface area (Å²) in [6.45, 7) is 0. The number of rotatable bonds is 4. The van der Waals surface area contributed by atoms with Crippen LogP contribution in [0.3, 0.4) is 0 Å². The molecule has 2 rings (SSSR count). The molecule has 0 bridgehead atoms. The maximum Gasteiger partial charge on any atom is 0.309 e. The summed E-state index contributed by atoms with van der Waals surface area (Å²) < 4.78 is 10.6. The summed E-state index contributed by atoms with van der Waals surface area (Å²) in [5, 5.41) is 0.674. The van der Waals surface area contributed by atoms with Gasteiger partial charge in [0.1, 0.15) is 11.4 Å². The molecular weight excluding hydrogens is 240 g/mol. The van der Waals surface area contributed by atoms with Gasteiger partial charge in [-0.1, -0.05) is 11.6 Å². The van der Waals surface area contributed by atoms with E-state index in [2.05, 4.69) is 0 Å². The van der Waals surface area contributed by atoms with Crippen molar-refractivity contribution < 1.29 is 14.3 Å². The predicted molar refractivity (Wildman–Crippen MR) is 65.3 cm³/mol. The third-order valence-corrected chi connectivity index (χ3v) is 3.36. The number of esters is 1. The fraction of sp³-hybridized carbons (Fsp3) is 0.462. The summed E-state index contributed by atoms with van der Waals surface area (Å²) in [7, 11) is 1.40. The molecule has 0 heterocycles. The summed E-state index contributed by atoms with van der Waals surface area (Å²) in [4.78, 5) is 11.3. The van der Waals surface area contributed by atoms with E-state index in [1.54, 1.807) is 12.1 Å². The molecule has 0 saturated heterocycles. The number of carbonyl (C=O) groups excluding carboxylic acids is 1. The van der Waals surface area contributed by atoms with Gasteiger partial charge in [-0.05, 0) is 43.5 Å². The van der Waals surface area contributed by atoms with Gasteiger partial charge in [-0.25, -0.2) is 0 Å². The van der Waals surface area contributed by atoms with E-state index in [1.165, 1.54) is 7.11 Å². The van der Waals surface area contributed by atoms with Gasteiger partial charge in [-0.3, -0.25) is 4.79 Å². The van der Waals surface area contributed by atoms with Gasteiger partial charge < -0.3 is 9.47 Å². The average Bonchev–Trinajstić information content (AvgIpc) is 2.29. The molecule has 1 aliphatic carbocycles. The van der Waals surface area contributed by atoms with Gasteiger partial charge in [0.2, 0.25) is 0 Å². The fourth-order valence-corrected chi connectivity index (χ4v) is 2.10. The number of carbonyl (C=O) groups is 1. The third kappa shape index (κ3) is 2.91. The van der Waals surface area contributed by atoms with Crippen LogP contribution in [0, 0.1) is 0 Å². The maximum absolute atomic E-state index is 11.3. The van der Waals surface area contributed by atoms with E-state index >= 15 is 0 Å². The molecule has 3 nitrogen and oxygen atoms in total. The summed E-state index contributed by atoms with van der Waals surface area (Å²) in [6, 6.07) is 7.20. The van der Waals surface area contributed by atoms with Crippen LogP contribution in [-0.2, 0) is 9.53 Å². The Labute approximate surface area is 106 Å². The van der Waals surface area contributed by atoms with Crippen LogP contribution in [0.5, 0.6) is 5.75 Å². The molecule has 4 heteroatoms. The first kappa shape index (κ1) is 12.2. The third-order valence-electron chi connectivity index (χ3n) is 3.11. The van der Waals surface area contributed by atoms with Gasteiger partial charge in [-0.2, -0.15) is 0 Å². The van der Waals surface area contributed by atoms with E-state index in [-0.39, 0.29) is 11.6 Å². The van der Waals surface area contributed by atoms with Gasteiger partial charge in [0.05, 0.1) is 13.5 Å². The molecule has 0 unspecified atom stereocenters. The van der Waals surface area contributed by atoms with Crippen molar-refractivity contribution >= 4 is 17.6 Å². The summed E-state index contributed by atoms with van der Waals surface area (Å²) in [5.74, 6) is 0.525. The minimum atomic E-state index is -0.374. The average molecular weight is 255 g/mol. The highest BCUT2D eigenvalue weighted by Crippen LogP contribution is 2.39. The van der Waals surface area contributed by atoms with Crippen molar-refractivity contribution in [1.82, 2.24) is 0 Å². The molecule has 1 aromatic rings. The van der Waals surface area contributed by atoms with Crippen LogP contribution < -0.4 is 4.74 Å². The Morgan fingerprint density at radius 3 is 2.47 bits per heavy atom. The van der Waals surface area contributed by atoms with E-state index in [1.807, 2.05) is 12.1 Å². The zero-order valence-electron chi connectivity index (χ0n) is 9.74. The van der Waals surface area contributed by atoms with E-state index in [0.717, 1.165) is 25.0 Å².